The summed E-state index contributed by atoms with van der Waals surface area (Å²) in [5.41, 5.74) is 3.09. The Labute approximate surface area is 132 Å². The van der Waals surface area contributed by atoms with Gasteiger partial charge in [0.05, 0.1) is 12.1 Å². The third kappa shape index (κ3) is 2.38. The van der Waals surface area contributed by atoms with E-state index in [1.54, 1.807) is 6.33 Å². The lowest BCUT2D eigenvalue weighted by molar-refractivity contribution is 1.06. The molecule has 0 fully saturated rings. The predicted octanol–water partition coefficient (Wildman–Crippen LogP) is 4.38. The highest BCUT2D eigenvalue weighted by Gasteiger charge is 2.05. The summed E-state index contributed by atoms with van der Waals surface area (Å²) in [6.45, 7) is 0.670. The van der Waals surface area contributed by atoms with E-state index in [0.29, 0.717) is 11.6 Å². The largest absolute Gasteiger partial charge is 0.364 e. The van der Waals surface area contributed by atoms with Gasteiger partial charge >= 0.3 is 0 Å². The minimum absolute atomic E-state index is 0.670. The van der Waals surface area contributed by atoms with Gasteiger partial charge in [-0.2, -0.15) is 0 Å². The van der Waals surface area contributed by atoms with Gasteiger partial charge in [-0.05, 0) is 35.7 Å². The Morgan fingerprint density at radius 1 is 1.05 bits per heavy atom. The smallest absolute Gasteiger partial charge is 0.137 e. The molecule has 2 heterocycles. The Morgan fingerprint density at radius 3 is 2.86 bits per heavy atom. The Morgan fingerprint density at radius 2 is 1.95 bits per heavy atom. The highest BCUT2D eigenvalue weighted by molar-refractivity contribution is 6.31. The number of nitrogens with zero attached hydrogens (tertiary/aromatic N) is 2. The van der Waals surface area contributed by atoms with Gasteiger partial charge in [0.25, 0.3) is 0 Å². The third-order valence-electron chi connectivity index (χ3n) is 3.63. The molecule has 0 bridgehead atoms. The second-order valence-corrected chi connectivity index (χ2v) is 5.56. The topological polar surface area (TPSA) is 53.6 Å². The summed E-state index contributed by atoms with van der Waals surface area (Å²) in [6, 6.07) is 16.0. The van der Waals surface area contributed by atoms with Crippen molar-refractivity contribution in [1.82, 2.24) is 15.0 Å². The summed E-state index contributed by atoms with van der Waals surface area (Å²) in [5.74, 6) is 0.806. The Kier molecular flexibility index (Phi) is 3.16. The quantitative estimate of drug-likeness (QED) is 0.590. The van der Waals surface area contributed by atoms with Crippen LogP contribution < -0.4 is 5.32 Å². The normalized spacial score (nSPS) is 11.1. The molecule has 4 nitrogen and oxygen atoms in total. The number of aromatic nitrogens is 3. The molecule has 4 aromatic rings. The molecule has 0 aliphatic heterocycles. The van der Waals surface area contributed by atoms with Gasteiger partial charge in [-0.1, -0.05) is 29.8 Å². The fourth-order valence-electron chi connectivity index (χ4n) is 2.58. The zero-order chi connectivity index (χ0) is 14.9. The molecule has 2 N–H and O–H groups in total. The van der Waals surface area contributed by atoms with E-state index in [2.05, 4.69) is 38.5 Å². The van der Waals surface area contributed by atoms with Gasteiger partial charge < -0.3 is 10.3 Å². The fourth-order valence-corrected chi connectivity index (χ4v) is 2.75. The van der Waals surface area contributed by atoms with Gasteiger partial charge in [-0.15, -0.1) is 0 Å². The van der Waals surface area contributed by atoms with Crippen molar-refractivity contribution in [2.24, 2.45) is 0 Å². The van der Waals surface area contributed by atoms with Crippen LogP contribution in [0.3, 0.4) is 0 Å². The van der Waals surface area contributed by atoms with Crippen molar-refractivity contribution in [3.8, 4) is 0 Å². The maximum Gasteiger partial charge on any atom is 0.137 e. The van der Waals surface area contributed by atoms with Crippen LogP contribution in [0.5, 0.6) is 0 Å². The van der Waals surface area contributed by atoms with Crippen LogP contribution in [-0.4, -0.2) is 15.0 Å². The molecular weight excluding hydrogens is 296 g/mol. The average molecular weight is 309 g/mol. The number of para-hydroxylation sites is 1. The van der Waals surface area contributed by atoms with E-state index in [1.807, 2.05) is 30.3 Å². The van der Waals surface area contributed by atoms with Crippen LogP contribution >= 0.6 is 11.6 Å². The van der Waals surface area contributed by atoms with Gasteiger partial charge in [0.15, 0.2) is 0 Å². The van der Waals surface area contributed by atoms with Gasteiger partial charge in [0.2, 0.25) is 0 Å². The Bertz CT molecular complexity index is 928. The number of anilines is 1. The molecule has 0 atom stereocenters. The Balaban J connectivity index is 1.63. The molecule has 0 aliphatic carbocycles. The number of aromatic amines is 1. The second-order valence-electron chi connectivity index (χ2n) is 5.12. The molecule has 5 heteroatoms. The zero-order valence-corrected chi connectivity index (χ0v) is 12.4. The van der Waals surface area contributed by atoms with Crippen LogP contribution in [-0.2, 0) is 6.54 Å². The minimum Gasteiger partial charge on any atom is -0.364 e. The number of H-pyrrole nitrogens is 1. The predicted molar refractivity (Wildman–Crippen MR) is 90.2 cm³/mol. The average Bonchev–Trinajstić information content (AvgIpc) is 2.95. The van der Waals surface area contributed by atoms with E-state index in [0.717, 1.165) is 27.9 Å². The standard InChI is InChI=1S/C17H13ClN4/c18-12-5-6-14-16(8-12)20-10-21-17(14)19-9-13-7-11-3-1-2-4-15(11)22-13/h1-8,10,22H,9H2,(H,19,20,21). The summed E-state index contributed by atoms with van der Waals surface area (Å²) in [6.07, 6.45) is 1.55. The molecule has 2 aromatic carbocycles. The zero-order valence-electron chi connectivity index (χ0n) is 11.7. The number of nitrogens with one attached hydrogen (secondary N) is 2. The third-order valence-corrected chi connectivity index (χ3v) is 3.87. The second kappa shape index (κ2) is 5.31. The van der Waals surface area contributed by atoms with Crippen LogP contribution in [0.25, 0.3) is 21.8 Å². The SMILES string of the molecule is Clc1ccc2c(NCc3cc4ccccc4[nH]3)ncnc2c1. The molecule has 0 spiro atoms. The number of fused-ring (bicyclic) bond motifs is 2. The van der Waals surface area contributed by atoms with E-state index in [1.165, 1.54) is 5.39 Å². The van der Waals surface area contributed by atoms with Crippen LogP contribution in [0, 0.1) is 0 Å². The highest BCUT2D eigenvalue weighted by atomic mass is 35.5. The van der Waals surface area contributed by atoms with Crippen molar-refractivity contribution in [2.45, 2.75) is 6.54 Å². The molecule has 0 radical (unpaired) electrons. The first-order valence-electron chi connectivity index (χ1n) is 7.00. The summed E-state index contributed by atoms with van der Waals surface area (Å²) < 4.78 is 0. The number of hydrogen-bond acceptors (Lipinski definition) is 3. The van der Waals surface area contributed by atoms with E-state index in [-0.39, 0.29) is 0 Å². The first-order chi connectivity index (χ1) is 10.8. The van der Waals surface area contributed by atoms with E-state index in [9.17, 15) is 0 Å². The number of hydrogen-bond donors (Lipinski definition) is 2. The van der Waals surface area contributed by atoms with Crippen molar-refractivity contribution in [2.75, 3.05) is 5.32 Å². The molecule has 4 rings (SSSR count). The van der Waals surface area contributed by atoms with E-state index >= 15 is 0 Å². The van der Waals surface area contributed by atoms with Gasteiger partial charge in [0, 0.05) is 21.6 Å². The van der Waals surface area contributed by atoms with Crippen molar-refractivity contribution >= 4 is 39.2 Å². The van der Waals surface area contributed by atoms with Crippen molar-refractivity contribution < 1.29 is 0 Å². The summed E-state index contributed by atoms with van der Waals surface area (Å²) in [5, 5.41) is 6.20. The molecule has 0 unspecified atom stereocenters. The van der Waals surface area contributed by atoms with Gasteiger partial charge in [-0.3, -0.25) is 0 Å². The molecule has 0 amide bonds. The first kappa shape index (κ1) is 13.1. The maximum atomic E-state index is 6.00. The molecule has 108 valence electrons. The van der Waals surface area contributed by atoms with Crippen LogP contribution in [0.4, 0.5) is 5.82 Å². The number of halogens is 1. The van der Waals surface area contributed by atoms with Gasteiger partial charge in [0.1, 0.15) is 12.1 Å². The molecular formula is C17H13ClN4. The van der Waals surface area contributed by atoms with Crippen molar-refractivity contribution in [3.05, 3.63) is 65.6 Å². The molecule has 0 saturated carbocycles. The highest BCUT2D eigenvalue weighted by Crippen LogP contribution is 2.23. The van der Waals surface area contributed by atoms with Crippen LogP contribution in [0.15, 0.2) is 54.9 Å². The van der Waals surface area contributed by atoms with E-state index in [4.69, 9.17) is 11.6 Å². The minimum atomic E-state index is 0.670. The number of rotatable bonds is 3. The lowest BCUT2D eigenvalue weighted by Crippen LogP contribution is -2.02. The molecule has 0 aliphatic rings. The van der Waals surface area contributed by atoms with Crippen molar-refractivity contribution in [1.29, 1.82) is 0 Å². The van der Waals surface area contributed by atoms with Crippen LogP contribution in [0.1, 0.15) is 5.69 Å². The monoisotopic (exact) mass is 308 g/mol. The summed E-state index contributed by atoms with van der Waals surface area (Å²) >= 11 is 6.00. The fraction of sp³-hybridized carbons (Fsp3) is 0.0588. The molecule has 22 heavy (non-hydrogen) atoms. The van der Waals surface area contributed by atoms with Gasteiger partial charge in [-0.25, -0.2) is 9.97 Å². The van der Waals surface area contributed by atoms with E-state index < -0.39 is 0 Å². The molecule has 2 aromatic heterocycles. The lowest BCUT2D eigenvalue weighted by atomic mass is 10.2. The Hall–Kier alpha value is -2.59. The van der Waals surface area contributed by atoms with Crippen molar-refractivity contribution in [3.63, 3.8) is 0 Å². The maximum absolute atomic E-state index is 6.00. The number of benzene rings is 2. The summed E-state index contributed by atoms with van der Waals surface area (Å²) in [4.78, 5) is 12.0. The molecule has 0 saturated heterocycles. The van der Waals surface area contributed by atoms with Crippen LogP contribution in [0.2, 0.25) is 5.02 Å². The lowest BCUT2D eigenvalue weighted by Gasteiger charge is -2.07. The summed E-state index contributed by atoms with van der Waals surface area (Å²) in [7, 11) is 0. The first-order valence-corrected chi connectivity index (χ1v) is 7.38.